The van der Waals surface area contributed by atoms with Crippen molar-refractivity contribution in [3.05, 3.63) is 0 Å². The lowest BCUT2D eigenvalue weighted by Crippen LogP contribution is -2.48. The topological polar surface area (TPSA) is 60.8 Å². The molecule has 0 spiro atoms. The summed E-state index contributed by atoms with van der Waals surface area (Å²) in [6.07, 6.45) is 0.208. The predicted octanol–water partition coefficient (Wildman–Crippen LogP) is 0.552. The van der Waals surface area contributed by atoms with E-state index >= 15 is 0 Å². The van der Waals surface area contributed by atoms with Gasteiger partial charge in [-0.25, -0.2) is 0 Å². The van der Waals surface area contributed by atoms with Gasteiger partial charge in [-0.15, -0.1) is 0 Å². The van der Waals surface area contributed by atoms with Crippen molar-refractivity contribution in [2.24, 2.45) is 0 Å². The van der Waals surface area contributed by atoms with Gasteiger partial charge >= 0.3 is 5.97 Å². The average molecular weight is 189 g/mol. The molecule has 4 nitrogen and oxygen atoms in total. The fourth-order valence-corrected chi connectivity index (χ4v) is 0.823. The summed E-state index contributed by atoms with van der Waals surface area (Å²) in [6, 6.07) is 0. The van der Waals surface area contributed by atoms with Gasteiger partial charge in [0.2, 0.25) is 0 Å². The number of aliphatic carboxylic acids is 1. The first-order chi connectivity index (χ1) is 5.78. The van der Waals surface area contributed by atoms with E-state index in [-0.39, 0.29) is 6.10 Å². The summed E-state index contributed by atoms with van der Waals surface area (Å²) < 4.78 is 0. The molecule has 0 aromatic rings. The lowest BCUT2D eigenvalue weighted by Gasteiger charge is -2.31. The second-order valence-electron chi connectivity index (χ2n) is 3.92. The minimum atomic E-state index is -0.866. The second-order valence-corrected chi connectivity index (χ2v) is 3.92. The van der Waals surface area contributed by atoms with Crippen molar-refractivity contribution in [2.45, 2.75) is 38.8 Å². The number of nitrogens with zero attached hydrogens (tertiary/aromatic N) is 1. The van der Waals surface area contributed by atoms with E-state index in [1.807, 2.05) is 0 Å². The van der Waals surface area contributed by atoms with Gasteiger partial charge < -0.3 is 10.2 Å². The molecule has 4 heteroatoms. The summed E-state index contributed by atoms with van der Waals surface area (Å²) in [5.74, 6) is -0.847. The van der Waals surface area contributed by atoms with Gasteiger partial charge in [-0.05, 0) is 34.2 Å². The van der Waals surface area contributed by atoms with Crippen LogP contribution in [0.1, 0.15) is 27.2 Å². The normalized spacial score (nSPS) is 14.6. The Bertz CT molecular complexity index is 178. The van der Waals surface area contributed by atoms with E-state index in [2.05, 4.69) is 0 Å². The minimum absolute atomic E-state index is 0.382. The maximum Gasteiger partial charge on any atom is 0.323 e. The average Bonchev–Trinajstić information content (AvgIpc) is 1.99. The van der Waals surface area contributed by atoms with Crippen molar-refractivity contribution < 1.29 is 15.0 Å². The number of aliphatic hydroxyl groups excluding tert-OH is 1. The van der Waals surface area contributed by atoms with Crippen LogP contribution in [0.25, 0.3) is 0 Å². The maximum atomic E-state index is 10.8. The molecule has 2 N–H and O–H groups in total. The molecule has 0 radical (unpaired) electrons. The van der Waals surface area contributed by atoms with Crippen molar-refractivity contribution in [3.63, 3.8) is 0 Å². The van der Waals surface area contributed by atoms with Crippen LogP contribution in [-0.4, -0.2) is 46.3 Å². The third-order valence-corrected chi connectivity index (χ3v) is 2.36. The highest BCUT2D eigenvalue weighted by molar-refractivity contribution is 5.77. The number of rotatable bonds is 5. The van der Waals surface area contributed by atoms with Crippen LogP contribution in [0.2, 0.25) is 0 Å². The van der Waals surface area contributed by atoms with Crippen LogP contribution in [-0.2, 0) is 4.79 Å². The Morgan fingerprint density at radius 2 is 2.00 bits per heavy atom. The number of likely N-dealkylation sites (N-methyl/N-ethyl adjacent to an activating group) is 1. The molecule has 1 unspecified atom stereocenters. The Kier molecular flexibility index (Phi) is 4.36. The van der Waals surface area contributed by atoms with Crippen LogP contribution in [0.4, 0.5) is 0 Å². The molecule has 1 atom stereocenters. The highest BCUT2D eigenvalue weighted by Gasteiger charge is 2.31. The fraction of sp³-hybridized carbons (Fsp3) is 0.889. The Morgan fingerprint density at radius 3 is 2.31 bits per heavy atom. The molecular formula is C9H19NO3. The second kappa shape index (κ2) is 4.58. The Morgan fingerprint density at radius 1 is 1.54 bits per heavy atom. The molecule has 78 valence electrons. The van der Waals surface area contributed by atoms with Crippen molar-refractivity contribution >= 4 is 5.97 Å². The molecule has 0 aliphatic carbocycles. The van der Waals surface area contributed by atoms with E-state index in [0.717, 1.165) is 0 Å². The van der Waals surface area contributed by atoms with E-state index in [0.29, 0.717) is 13.0 Å². The SMILES string of the molecule is CC(O)CCN(C)C(C)(C)C(=O)O. The van der Waals surface area contributed by atoms with E-state index in [9.17, 15) is 4.79 Å². The van der Waals surface area contributed by atoms with Crippen LogP contribution < -0.4 is 0 Å². The number of aliphatic hydroxyl groups is 1. The number of hydrogen-bond acceptors (Lipinski definition) is 3. The summed E-state index contributed by atoms with van der Waals surface area (Å²) in [6.45, 7) is 5.58. The lowest BCUT2D eigenvalue weighted by molar-refractivity contribution is -0.148. The standard InChI is InChI=1S/C9H19NO3/c1-7(11)5-6-10(4)9(2,3)8(12)13/h7,11H,5-6H2,1-4H3,(H,12,13). The summed E-state index contributed by atoms with van der Waals surface area (Å²) in [4.78, 5) is 12.5. The van der Waals surface area contributed by atoms with Crippen molar-refractivity contribution in [3.8, 4) is 0 Å². The molecule has 13 heavy (non-hydrogen) atoms. The van der Waals surface area contributed by atoms with E-state index in [1.54, 1.807) is 32.7 Å². The van der Waals surface area contributed by atoms with Gasteiger partial charge in [0.25, 0.3) is 0 Å². The molecule has 0 fully saturated rings. The Labute approximate surface area is 79.2 Å². The van der Waals surface area contributed by atoms with Crippen LogP contribution in [0, 0.1) is 0 Å². The first-order valence-electron chi connectivity index (χ1n) is 4.41. The van der Waals surface area contributed by atoms with Gasteiger partial charge in [-0.2, -0.15) is 0 Å². The molecule has 0 aliphatic heterocycles. The molecule has 0 heterocycles. The number of carbonyl (C=O) groups is 1. The highest BCUT2D eigenvalue weighted by atomic mass is 16.4. The quantitative estimate of drug-likeness (QED) is 0.663. The van der Waals surface area contributed by atoms with Crippen molar-refractivity contribution in [1.29, 1.82) is 0 Å². The molecule has 0 aromatic heterocycles. The molecule has 0 aliphatic rings. The fourth-order valence-electron chi connectivity index (χ4n) is 0.823. The molecule has 0 saturated carbocycles. The Hall–Kier alpha value is -0.610. The van der Waals surface area contributed by atoms with Crippen molar-refractivity contribution in [1.82, 2.24) is 4.90 Å². The smallest absolute Gasteiger partial charge is 0.323 e. The zero-order valence-electron chi connectivity index (χ0n) is 8.74. The third kappa shape index (κ3) is 3.74. The number of carboxylic acids is 1. The van der Waals surface area contributed by atoms with Crippen LogP contribution >= 0.6 is 0 Å². The highest BCUT2D eigenvalue weighted by Crippen LogP contribution is 2.12. The van der Waals surface area contributed by atoms with E-state index in [4.69, 9.17) is 10.2 Å². The summed E-state index contributed by atoms with van der Waals surface area (Å²) >= 11 is 0. The van der Waals surface area contributed by atoms with Crippen LogP contribution in [0.15, 0.2) is 0 Å². The number of carboxylic acid groups (broad SMARTS) is 1. The molecule has 0 saturated heterocycles. The predicted molar refractivity (Wildman–Crippen MR) is 50.6 cm³/mol. The monoisotopic (exact) mass is 189 g/mol. The van der Waals surface area contributed by atoms with Crippen LogP contribution in [0.5, 0.6) is 0 Å². The first-order valence-corrected chi connectivity index (χ1v) is 4.41. The van der Waals surface area contributed by atoms with E-state index < -0.39 is 11.5 Å². The zero-order chi connectivity index (χ0) is 10.6. The molecular weight excluding hydrogens is 170 g/mol. The largest absolute Gasteiger partial charge is 0.480 e. The van der Waals surface area contributed by atoms with Gasteiger partial charge in [0.05, 0.1) is 6.10 Å². The van der Waals surface area contributed by atoms with Gasteiger partial charge in [0.15, 0.2) is 0 Å². The first kappa shape index (κ1) is 12.4. The Balaban J connectivity index is 4.09. The van der Waals surface area contributed by atoms with Gasteiger partial charge in [-0.1, -0.05) is 0 Å². The summed E-state index contributed by atoms with van der Waals surface area (Å²) in [5, 5.41) is 17.9. The molecule has 0 rings (SSSR count). The van der Waals surface area contributed by atoms with Gasteiger partial charge in [0, 0.05) is 6.54 Å². The lowest BCUT2D eigenvalue weighted by atomic mass is 10.0. The van der Waals surface area contributed by atoms with Crippen LogP contribution in [0.3, 0.4) is 0 Å². The van der Waals surface area contributed by atoms with E-state index in [1.165, 1.54) is 0 Å². The molecule has 0 aromatic carbocycles. The molecule has 0 bridgehead atoms. The van der Waals surface area contributed by atoms with Gasteiger partial charge in [-0.3, -0.25) is 9.69 Å². The molecule has 0 amide bonds. The number of hydrogen-bond donors (Lipinski definition) is 2. The summed E-state index contributed by atoms with van der Waals surface area (Å²) in [7, 11) is 1.75. The van der Waals surface area contributed by atoms with Gasteiger partial charge in [0.1, 0.15) is 5.54 Å². The minimum Gasteiger partial charge on any atom is -0.480 e. The zero-order valence-corrected chi connectivity index (χ0v) is 8.74. The summed E-state index contributed by atoms with van der Waals surface area (Å²) in [5.41, 5.74) is -0.866. The maximum absolute atomic E-state index is 10.8. The third-order valence-electron chi connectivity index (χ3n) is 2.36. The van der Waals surface area contributed by atoms with Crippen molar-refractivity contribution in [2.75, 3.05) is 13.6 Å².